The van der Waals surface area contributed by atoms with Gasteiger partial charge in [-0.15, -0.1) is 0 Å². The molecule has 2 fully saturated rings. The Morgan fingerprint density at radius 2 is 2.14 bits per heavy atom. The number of methoxy groups -OCH3 is 1. The molecule has 0 spiro atoms. The molecule has 0 amide bonds. The first-order valence-electron chi connectivity index (χ1n) is 7.95. The fourth-order valence-corrected chi connectivity index (χ4v) is 3.51. The van der Waals surface area contributed by atoms with Gasteiger partial charge in [0.2, 0.25) is 5.75 Å². The number of ether oxygens (including phenoxy) is 1. The summed E-state index contributed by atoms with van der Waals surface area (Å²) in [6.07, 6.45) is 6.64. The highest BCUT2D eigenvalue weighted by Crippen LogP contribution is 2.32. The Kier molecular flexibility index (Phi) is 4.43. The van der Waals surface area contributed by atoms with E-state index in [0.717, 1.165) is 24.2 Å². The fraction of sp³-hybridized carbons (Fsp3) is 0.733. The lowest BCUT2D eigenvalue weighted by atomic mass is 9.97. The van der Waals surface area contributed by atoms with Crippen molar-refractivity contribution in [3.8, 4) is 5.75 Å². The molecule has 1 aromatic rings. The van der Waals surface area contributed by atoms with Crippen LogP contribution in [0.15, 0.2) is 6.33 Å². The summed E-state index contributed by atoms with van der Waals surface area (Å²) in [5.41, 5.74) is 0. The van der Waals surface area contributed by atoms with Crippen molar-refractivity contribution < 1.29 is 4.74 Å². The molecule has 116 valence electrons. The van der Waals surface area contributed by atoms with Crippen LogP contribution in [0.1, 0.15) is 32.6 Å². The highest BCUT2D eigenvalue weighted by Gasteiger charge is 2.32. The van der Waals surface area contributed by atoms with E-state index in [1.54, 1.807) is 13.4 Å². The third-order valence-electron chi connectivity index (χ3n) is 4.51. The maximum atomic E-state index is 5.50. The van der Waals surface area contributed by atoms with Crippen molar-refractivity contribution in [2.75, 3.05) is 37.4 Å². The van der Waals surface area contributed by atoms with Gasteiger partial charge in [0.05, 0.1) is 7.11 Å². The normalized spacial score (nSPS) is 25.4. The number of aromatic nitrogens is 2. The maximum Gasteiger partial charge on any atom is 0.204 e. The van der Waals surface area contributed by atoms with Gasteiger partial charge in [0.15, 0.2) is 11.6 Å². The number of hydrogen-bond donors (Lipinski definition) is 2. The van der Waals surface area contributed by atoms with Crippen molar-refractivity contribution in [3.05, 3.63) is 6.33 Å². The van der Waals surface area contributed by atoms with Crippen molar-refractivity contribution in [1.82, 2.24) is 14.9 Å². The molecule has 2 N–H and O–H groups in total. The predicted molar refractivity (Wildman–Crippen MR) is 84.0 cm³/mol. The van der Waals surface area contributed by atoms with Crippen molar-refractivity contribution in [3.63, 3.8) is 0 Å². The van der Waals surface area contributed by atoms with Crippen LogP contribution in [0.25, 0.3) is 0 Å². The lowest BCUT2D eigenvalue weighted by molar-refractivity contribution is 0.188. The summed E-state index contributed by atoms with van der Waals surface area (Å²) in [6.45, 7) is 5.33. The lowest BCUT2D eigenvalue weighted by Gasteiger charge is -2.35. The van der Waals surface area contributed by atoms with Crippen molar-refractivity contribution in [2.45, 2.75) is 44.7 Å². The molecule has 2 saturated heterocycles. The quantitative estimate of drug-likeness (QED) is 0.864. The molecule has 6 heteroatoms. The zero-order valence-electron chi connectivity index (χ0n) is 12.9. The molecule has 0 aliphatic carbocycles. The highest BCUT2D eigenvalue weighted by atomic mass is 16.5. The van der Waals surface area contributed by atoms with Crippen molar-refractivity contribution in [1.29, 1.82) is 0 Å². The van der Waals surface area contributed by atoms with Crippen LogP contribution >= 0.6 is 0 Å². The van der Waals surface area contributed by atoms with Gasteiger partial charge in [0, 0.05) is 25.2 Å². The summed E-state index contributed by atoms with van der Waals surface area (Å²) in [6, 6.07) is 1.22. The van der Waals surface area contributed by atoms with E-state index < -0.39 is 0 Å². The second kappa shape index (κ2) is 6.47. The van der Waals surface area contributed by atoms with Gasteiger partial charge < -0.3 is 20.3 Å². The van der Waals surface area contributed by atoms with E-state index in [4.69, 9.17) is 4.74 Å². The molecular formula is C15H25N5O. The number of piperidine rings is 1. The largest absolute Gasteiger partial charge is 0.490 e. The minimum atomic E-state index is 0.475. The van der Waals surface area contributed by atoms with Gasteiger partial charge in [0.25, 0.3) is 0 Å². The van der Waals surface area contributed by atoms with Crippen LogP contribution in [0.3, 0.4) is 0 Å². The van der Waals surface area contributed by atoms with Crippen LogP contribution in [0, 0.1) is 0 Å². The molecule has 3 rings (SSSR count). The summed E-state index contributed by atoms with van der Waals surface area (Å²) < 4.78 is 5.50. The predicted octanol–water partition coefficient (Wildman–Crippen LogP) is 1.96. The fourth-order valence-electron chi connectivity index (χ4n) is 3.51. The van der Waals surface area contributed by atoms with Crippen LogP contribution in [-0.4, -0.2) is 53.7 Å². The number of nitrogens with one attached hydrogen (secondary N) is 2. The Hall–Kier alpha value is -1.56. The molecule has 0 aromatic carbocycles. The summed E-state index contributed by atoms with van der Waals surface area (Å²) in [7, 11) is 1.67. The number of rotatable bonds is 5. The Bertz CT molecular complexity index is 481. The van der Waals surface area contributed by atoms with E-state index in [1.807, 2.05) is 6.92 Å². The first-order chi connectivity index (χ1) is 10.3. The van der Waals surface area contributed by atoms with Crippen LogP contribution in [-0.2, 0) is 0 Å². The van der Waals surface area contributed by atoms with Gasteiger partial charge in [0.1, 0.15) is 6.33 Å². The number of nitrogens with zero attached hydrogens (tertiary/aromatic N) is 3. The molecule has 0 radical (unpaired) electrons. The van der Waals surface area contributed by atoms with E-state index in [9.17, 15) is 0 Å². The SMILES string of the molecule is CCNc1ncnc(NC2CCN3CCCC3C2)c1OC. The molecule has 21 heavy (non-hydrogen) atoms. The zero-order valence-corrected chi connectivity index (χ0v) is 12.9. The smallest absolute Gasteiger partial charge is 0.204 e. The molecule has 0 saturated carbocycles. The first kappa shape index (κ1) is 14.4. The Balaban J connectivity index is 1.71. The summed E-state index contributed by atoms with van der Waals surface area (Å²) in [5.74, 6) is 2.28. The highest BCUT2D eigenvalue weighted by molar-refractivity contribution is 5.63. The topological polar surface area (TPSA) is 62.3 Å². The van der Waals surface area contributed by atoms with Gasteiger partial charge in [-0.3, -0.25) is 0 Å². The molecule has 6 nitrogen and oxygen atoms in total. The minimum absolute atomic E-state index is 0.475. The first-order valence-corrected chi connectivity index (χ1v) is 7.95. The van der Waals surface area contributed by atoms with E-state index >= 15 is 0 Å². The Labute approximate surface area is 126 Å². The van der Waals surface area contributed by atoms with Crippen LogP contribution in [0.5, 0.6) is 5.75 Å². The maximum absolute atomic E-state index is 5.50. The standard InChI is InChI=1S/C15H25N5O/c1-3-16-14-13(21-2)15(18-10-17-14)19-11-6-8-20-7-4-5-12(20)9-11/h10-12H,3-9H2,1-2H3,(H2,16,17,18,19). The van der Waals surface area contributed by atoms with E-state index in [2.05, 4.69) is 25.5 Å². The van der Waals surface area contributed by atoms with Crippen LogP contribution in [0.4, 0.5) is 11.6 Å². The van der Waals surface area contributed by atoms with Crippen molar-refractivity contribution in [2.24, 2.45) is 0 Å². The van der Waals surface area contributed by atoms with Gasteiger partial charge in [-0.05, 0) is 39.2 Å². The van der Waals surface area contributed by atoms with Gasteiger partial charge in [-0.2, -0.15) is 0 Å². The molecule has 2 atom stereocenters. The average Bonchev–Trinajstić information content (AvgIpc) is 2.95. The van der Waals surface area contributed by atoms with Crippen LogP contribution in [0.2, 0.25) is 0 Å². The molecule has 2 aliphatic rings. The zero-order chi connectivity index (χ0) is 14.7. The van der Waals surface area contributed by atoms with E-state index in [1.165, 1.54) is 38.8 Å². The van der Waals surface area contributed by atoms with Crippen molar-refractivity contribution >= 4 is 11.6 Å². The molecule has 2 aliphatic heterocycles. The van der Waals surface area contributed by atoms with Gasteiger partial charge in [-0.1, -0.05) is 0 Å². The number of anilines is 2. The summed E-state index contributed by atoms with van der Waals surface area (Å²) in [4.78, 5) is 11.2. The monoisotopic (exact) mass is 291 g/mol. The second-order valence-corrected chi connectivity index (χ2v) is 5.83. The van der Waals surface area contributed by atoms with E-state index in [-0.39, 0.29) is 0 Å². The number of fused-ring (bicyclic) bond motifs is 1. The Morgan fingerprint density at radius 1 is 1.29 bits per heavy atom. The van der Waals surface area contributed by atoms with E-state index in [0.29, 0.717) is 11.8 Å². The third-order valence-corrected chi connectivity index (χ3v) is 4.51. The third kappa shape index (κ3) is 3.05. The molecule has 1 aromatic heterocycles. The Morgan fingerprint density at radius 3 is 2.95 bits per heavy atom. The number of hydrogen-bond acceptors (Lipinski definition) is 6. The molecular weight excluding hydrogens is 266 g/mol. The van der Waals surface area contributed by atoms with Gasteiger partial charge in [-0.25, -0.2) is 9.97 Å². The van der Waals surface area contributed by atoms with Gasteiger partial charge >= 0.3 is 0 Å². The molecule has 3 heterocycles. The lowest BCUT2D eigenvalue weighted by Crippen LogP contribution is -2.42. The molecule has 2 unspecified atom stereocenters. The minimum Gasteiger partial charge on any atom is -0.490 e. The average molecular weight is 291 g/mol. The van der Waals surface area contributed by atoms with Crippen LogP contribution < -0.4 is 15.4 Å². The summed E-state index contributed by atoms with van der Waals surface area (Å²) in [5, 5.41) is 6.79. The second-order valence-electron chi connectivity index (χ2n) is 5.83. The summed E-state index contributed by atoms with van der Waals surface area (Å²) >= 11 is 0. The molecule has 0 bridgehead atoms.